The summed E-state index contributed by atoms with van der Waals surface area (Å²) in [5, 5.41) is 3.91. The molecule has 0 aliphatic carbocycles. The minimum Gasteiger partial charge on any atom is -0.346 e. The van der Waals surface area contributed by atoms with E-state index < -0.39 is 6.04 Å². The maximum atomic E-state index is 13.3. The first-order valence-corrected chi connectivity index (χ1v) is 13.4. The van der Waals surface area contributed by atoms with Crippen molar-refractivity contribution in [3.05, 3.63) is 63.4 Å². The zero-order valence-corrected chi connectivity index (χ0v) is 21.6. The Morgan fingerprint density at radius 1 is 1.25 bits per heavy atom. The Morgan fingerprint density at radius 3 is 2.75 bits per heavy atom. The number of unbranched alkanes of at least 4 members (excludes halogenated alkanes) is 1. The number of benzene rings is 1. The summed E-state index contributed by atoms with van der Waals surface area (Å²) >= 11 is 1.22. The minimum atomic E-state index is -0.685. The van der Waals surface area contributed by atoms with E-state index in [9.17, 15) is 14.4 Å². The van der Waals surface area contributed by atoms with E-state index in [0.717, 1.165) is 24.8 Å². The molecule has 7 nitrogen and oxygen atoms in total. The second-order valence-electron chi connectivity index (χ2n) is 9.10. The predicted octanol–water partition coefficient (Wildman–Crippen LogP) is 2.19. The van der Waals surface area contributed by atoms with Crippen LogP contribution < -0.4 is 20.9 Å². The maximum absolute atomic E-state index is 13.3. The lowest BCUT2D eigenvalue weighted by Gasteiger charge is -2.33. The van der Waals surface area contributed by atoms with Gasteiger partial charge in [-0.25, -0.2) is 4.98 Å². The number of aryl methyl sites for hydroxylation is 1. The number of likely N-dealkylation sites (tertiary alicyclic amines) is 1. The van der Waals surface area contributed by atoms with Crippen LogP contribution >= 0.6 is 11.3 Å². The average molecular weight is 509 g/mol. The SMILES string of the molecule is C=C/C=c1/nc(C(=O)C(CCCCN)NC(=O)[C@H]2CCCN(C(=O)CCc3ccccc3)C2)sc1=C. The number of carbonyl (C=O) groups is 3. The third-order valence-corrected chi connectivity index (χ3v) is 7.35. The molecular formula is C28H36N4O3S. The molecule has 0 bridgehead atoms. The molecular weight excluding hydrogens is 472 g/mol. The molecule has 36 heavy (non-hydrogen) atoms. The van der Waals surface area contributed by atoms with Crippen LogP contribution in [0, 0.1) is 5.92 Å². The van der Waals surface area contributed by atoms with Gasteiger partial charge in [0.05, 0.1) is 17.3 Å². The first-order valence-electron chi connectivity index (χ1n) is 12.6. The van der Waals surface area contributed by atoms with Crippen molar-refractivity contribution in [3.8, 4) is 0 Å². The van der Waals surface area contributed by atoms with Gasteiger partial charge in [0, 0.05) is 24.0 Å². The monoisotopic (exact) mass is 508 g/mol. The molecule has 1 aliphatic heterocycles. The summed E-state index contributed by atoms with van der Waals surface area (Å²) in [6, 6.07) is 9.23. The fourth-order valence-corrected chi connectivity index (χ4v) is 5.22. The van der Waals surface area contributed by atoms with Gasteiger partial charge < -0.3 is 16.0 Å². The molecule has 1 unspecified atom stereocenters. The van der Waals surface area contributed by atoms with Gasteiger partial charge in [-0.1, -0.05) is 49.6 Å². The van der Waals surface area contributed by atoms with E-state index in [-0.39, 0.29) is 23.5 Å². The molecule has 1 saturated heterocycles. The summed E-state index contributed by atoms with van der Waals surface area (Å²) in [7, 11) is 0. The molecule has 2 aromatic rings. The molecule has 2 atom stereocenters. The molecule has 1 aromatic heterocycles. The van der Waals surface area contributed by atoms with E-state index in [1.807, 2.05) is 30.3 Å². The molecule has 0 radical (unpaired) electrons. The van der Waals surface area contributed by atoms with Crippen molar-refractivity contribution in [3.63, 3.8) is 0 Å². The number of Topliss-reactive ketones (excluding diaryl/α,β-unsaturated/α-hetero) is 1. The fraction of sp³-hybridized carbons (Fsp3) is 0.429. The van der Waals surface area contributed by atoms with Gasteiger partial charge in [0.2, 0.25) is 17.6 Å². The zero-order chi connectivity index (χ0) is 25.9. The quantitative estimate of drug-likeness (QED) is 0.338. The van der Waals surface area contributed by atoms with Crippen LogP contribution in [0.25, 0.3) is 12.7 Å². The van der Waals surface area contributed by atoms with Gasteiger partial charge >= 0.3 is 0 Å². The van der Waals surface area contributed by atoms with E-state index in [2.05, 4.69) is 23.5 Å². The molecule has 3 N–H and O–H groups in total. The number of aromatic nitrogens is 1. The maximum Gasteiger partial charge on any atom is 0.225 e. The van der Waals surface area contributed by atoms with E-state index in [1.165, 1.54) is 11.3 Å². The predicted molar refractivity (Wildman–Crippen MR) is 145 cm³/mol. The number of nitrogens with one attached hydrogen (secondary N) is 1. The van der Waals surface area contributed by atoms with Crippen LogP contribution in [0.1, 0.15) is 53.9 Å². The van der Waals surface area contributed by atoms with E-state index in [4.69, 9.17) is 5.73 Å². The molecule has 1 aromatic carbocycles. The van der Waals surface area contributed by atoms with Crippen LogP contribution in [0.3, 0.4) is 0 Å². The highest BCUT2D eigenvalue weighted by Crippen LogP contribution is 2.19. The van der Waals surface area contributed by atoms with Crippen molar-refractivity contribution in [1.82, 2.24) is 15.2 Å². The van der Waals surface area contributed by atoms with Crippen LogP contribution in [0.5, 0.6) is 0 Å². The number of hydrogen-bond acceptors (Lipinski definition) is 6. The summed E-state index contributed by atoms with van der Waals surface area (Å²) in [6.45, 7) is 9.18. The molecule has 0 saturated carbocycles. The number of nitrogens with two attached hydrogens (primary N) is 1. The van der Waals surface area contributed by atoms with E-state index in [1.54, 1.807) is 17.1 Å². The lowest BCUT2D eigenvalue weighted by Crippen LogP contribution is -2.49. The smallest absolute Gasteiger partial charge is 0.225 e. The highest BCUT2D eigenvalue weighted by molar-refractivity contribution is 7.11. The Hall–Kier alpha value is -3.10. The number of hydrogen-bond donors (Lipinski definition) is 2. The topological polar surface area (TPSA) is 105 Å². The van der Waals surface area contributed by atoms with Crippen molar-refractivity contribution in [2.45, 2.75) is 51.0 Å². The number of ketones is 1. The number of piperidine rings is 1. The van der Waals surface area contributed by atoms with Crippen LogP contribution in [0.15, 0.2) is 43.0 Å². The summed E-state index contributed by atoms with van der Waals surface area (Å²) in [6.07, 6.45) is 7.84. The van der Waals surface area contributed by atoms with Gasteiger partial charge in [-0.15, -0.1) is 11.3 Å². The number of rotatable bonds is 12. The lowest BCUT2D eigenvalue weighted by molar-refractivity contribution is -0.135. The second kappa shape index (κ2) is 13.8. The van der Waals surface area contributed by atoms with Crippen LogP contribution in [0.2, 0.25) is 0 Å². The average Bonchev–Trinajstić information content (AvgIpc) is 3.27. The second-order valence-corrected chi connectivity index (χ2v) is 10.2. The standard InChI is InChI=1S/C28H36N4O3S/c1-3-10-23-20(2)36-28(31-23)26(34)24(14-7-8-17-29)30-27(35)22-13-9-18-32(19-22)25(33)16-15-21-11-5-4-6-12-21/h3-6,10-12,22,24H,1-2,7-9,13-19,29H2,(H,30,35)/b23-10+/t22-,24?/m0/s1. The van der Waals surface area contributed by atoms with Crippen molar-refractivity contribution in [2.75, 3.05) is 19.6 Å². The van der Waals surface area contributed by atoms with Gasteiger partial charge in [-0.2, -0.15) is 0 Å². The molecule has 1 aliphatic rings. The van der Waals surface area contributed by atoms with Gasteiger partial charge in [0.1, 0.15) is 0 Å². The van der Waals surface area contributed by atoms with Gasteiger partial charge in [0.15, 0.2) is 5.01 Å². The molecule has 192 valence electrons. The minimum absolute atomic E-state index is 0.0590. The van der Waals surface area contributed by atoms with Crippen molar-refractivity contribution in [1.29, 1.82) is 0 Å². The summed E-state index contributed by atoms with van der Waals surface area (Å²) in [5.41, 5.74) is 6.76. The molecule has 1 fully saturated rings. The normalized spacial score (nSPS) is 17.0. The zero-order valence-electron chi connectivity index (χ0n) is 20.8. The fourth-order valence-electron chi connectivity index (χ4n) is 4.38. The lowest BCUT2D eigenvalue weighted by atomic mass is 9.95. The van der Waals surface area contributed by atoms with Crippen LogP contribution in [-0.2, 0) is 16.0 Å². The van der Waals surface area contributed by atoms with Gasteiger partial charge in [-0.05, 0) is 56.7 Å². The third-order valence-electron chi connectivity index (χ3n) is 6.41. The van der Waals surface area contributed by atoms with Crippen molar-refractivity contribution < 1.29 is 14.4 Å². The van der Waals surface area contributed by atoms with Crippen LogP contribution in [-0.4, -0.2) is 53.2 Å². The Morgan fingerprint density at radius 2 is 2.03 bits per heavy atom. The van der Waals surface area contributed by atoms with Gasteiger partial charge in [0.25, 0.3) is 0 Å². The first kappa shape index (κ1) is 27.5. The third kappa shape index (κ3) is 7.70. The van der Waals surface area contributed by atoms with Gasteiger partial charge in [-0.3, -0.25) is 14.4 Å². The van der Waals surface area contributed by atoms with Crippen molar-refractivity contribution in [2.24, 2.45) is 11.7 Å². The Balaban J connectivity index is 1.64. The Labute approximate surface area is 216 Å². The van der Waals surface area contributed by atoms with Crippen LogP contribution in [0.4, 0.5) is 0 Å². The number of nitrogens with zero attached hydrogens (tertiary/aromatic N) is 2. The Bertz CT molecular complexity index is 1160. The summed E-state index contributed by atoms with van der Waals surface area (Å²) in [4.78, 5) is 45.5. The number of allylic oxidation sites excluding steroid dienone is 1. The summed E-state index contributed by atoms with van der Waals surface area (Å²) < 4.78 is 0.683. The molecule has 8 heteroatoms. The number of amides is 2. The van der Waals surface area contributed by atoms with E-state index >= 15 is 0 Å². The highest BCUT2D eigenvalue weighted by Gasteiger charge is 2.31. The molecule has 0 spiro atoms. The van der Waals surface area contributed by atoms with Crippen molar-refractivity contribution >= 4 is 41.6 Å². The highest BCUT2D eigenvalue weighted by atomic mass is 32.1. The van der Waals surface area contributed by atoms with E-state index in [0.29, 0.717) is 60.2 Å². The Kier molecular flexibility index (Phi) is 10.6. The summed E-state index contributed by atoms with van der Waals surface area (Å²) in [5.74, 6) is -0.686. The first-order chi connectivity index (χ1) is 17.4. The molecule has 3 rings (SSSR count). The number of thiazole rings is 1. The molecule has 2 amide bonds. The molecule has 2 heterocycles. The number of carbonyl (C=O) groups excluding carboxylic acids is 3. The largest absolute Gasteiger partial charge is 0.346 e.